The molecule has 2 fully saturated rings. The molecule has 1 amide bonds. The summed E-state index contributed by atoms with van der Waals surface area (Å²) in [6, 6.07) is 0.555. The molecule has 2 saturated heterocycles. The molecule has 0 bridgehead atoms. The lowest BCUT2D eigenvalue weighted by Crippen LogP contribution is -2.58. The minimum absolute atomic E-state index is 0.0757. The highest BCUT2D eigenvalue weighted by atomic mass is 16.5. The molecule has 4 heteroatoms. The van der Waals surface area contributed by atoms with E-state index in [2.05, 4.69) is 10.6 Å². The van der Waals surface area contributed by atoms with E-state index in [1.54, 1.807) is 0 Å². The van der Waals surface area contributed by atoms with E-state index >= 15 is 0 Å². The fourth-order valence-corrected chi connectivity index (χ4v) is 1.38. The monoisotopic (exact) mass is 142 g/mol. The van der Waals surface area contributed by atoms with E-state index in [1.165, 1.54) is 0 Å². The van der Waals surface area contributed by atoms with Gasteiger partial charge < -0.3 is 15.4 Å². The van der Waals surface area contributed by atoms with Gasteiger partial charge in [-0.3, -0.25) is 4.79 Å². The van der Waals surface area contributed by atoms with Gasteiger partial charge in [0, 0.05) is 0 Å². The second-order valence-corrected chi connectivity index (χ2v) is 2.70. The summed E-state index contributed by atoms with van der Waals surface area (Å²) in [6.45, 7) is 1.82. The second kappa shape index (κ2) is 2.21. The van der Waals surface area contributed by atoms with Gasteiger partial charge in [0.05, 0.1) is 31.8 Å². The Labute approximate surface area is 58.9 Å². The number of amides is 1. The third-order valence-electron chi connectivity index (χ3n) is 1.95. The van der Waals surface area contributed by atoms with Crippen molar-refractivity contribution in [2.24, 2.45) is 0 Å². The molecule has 4 nitrogen and oxygen atoms in total. The maximum absolute atomic E-state index is 10.8. The molecule has 2 aliphatic rings. The van der Waals surface area contributed by atoms with Crippen LogP contribution in [0.2, 0.25) is 0 Å². The third-order valence-corrected chi connectivity index (χ3v) is 1.95. The highest BCUT2D eigenvalue weighted by Crippen LogP contribution is 2.07. The van der Waals surface area contributed by atoms with Crippen LogP contribution in [0.15, 0.2) is 0 Å². The van der Waals surface area contributed by atoms with Crippen molar-refractivity contribution in [2.75, 3.05) is 19.8 Å². The normalized spacial score (nSPS) is 39.0. The van der Waals surface area contributed by atoms with Crippen molar-refractivity contribution in [2.45, 2.75) is 12.1 Å². The average molecular weight is 142 g/mol. The van der Waals surface area contributed by atoms with Crippen LogP contribution in [0.3, 0.4) is 0 Å². The Morgan fingerprint density at radius 1 is 1.40 bits per heavy atom. The van der Waals surface area contributed by atoms with Gasteiger partial charge in [-0.15, -0.1) is 0 Å². The van der Waals surface area contributed by atoms with Gasteiger partial charge in [0.2, 0.25) is 5.91 Å². The molecular formula is C6H10N2O2. The molecule has 2 N–H and O–H groups in total. The van der Waals surface area contributed by atoms with E-state index in [9.17, 15) is 4.79 Å². The zero-order valence-corrected chi connectivity index (χ0v) is 5.59. The minimum Gasteiger partial charge on any atom is -0.378 e. The van der Waals surface area contributed by atoms with Crippen LogP contribution >= 0.6 is 0 Å². The van der Waals surface area contributed by atoms with Crippen LogP contribution < -0.4 is 10.6 Å². The van der Waals surface area contributed by atoms with Crippen LogP contribution in [0, 0.1) is 0 Å². The Morgan fingerprint density at radius 2 is 2.20 bits per heavy atom. The first-order valence-electron chi connectivity index (χ1n) is 3.47. The lowest BCUT2D eigenvalue weighted by Gasteiger charge is -2.25. The second-order valence-electron chi connectivity index (χ2n) is 2.70. The summed E-state index contributed by atoms with van der Waals surface area (Å²) in [7, 11) is 0. The Hall–Kier alpha value is -0.610. The first-order valence-corrected chi connectivity index (χ1v) is 3.47. The van der Waals surface area contributed by atoms with Gasteiger partial charge in [-0.25, -0.2) is 0 Å². The molecule has 2 rings (SSSR count). The van der Waals surface area contributed by atoms with Gasteiger partial charge in [-0.2, -0.15) is 0 Å². The number of fused-ring (bicyclic) bond motifs is 1. The van der Waals surface area contributed by atoms with E-state index < -0.39 is 0 Å². The van der Waals surface area contributed by atoms with Gasteiger partial charge in [0.1, 0.15) is 0 Å². The predicted octanol–water partition coefficient (Wildman–Crippen LogP) is -1.53. The van der Waals surface area contributed by atoms with E-state index in [-0.39, 0.29) is 11.9 Å². The van der Waals surface area contributed by atoms with Crippen molar-refractivity contribution in [1.29, 1.82) is 0 Å². The zero-order valence-electron chi connectivity index (χ0n) is 5.59. The predicted molar refractivity (Wildman–Crippen MR) is 34.5 cm³/mol. The number of carbonyl (C=O) groups excluding carboxylic acids is 1. The van der Waals surface area contributed by atoms with Crippen molar-refractivity contribution >= 4 is 5.91 Å². The molecule has 56 valence electrons. The van der Waals surface area contributed by atoms with Crippen LogP contribution in [0.25, 0.3) is 0 Å². The summed E-state index contributed by atoms with van der Waals surface area (Å²) in [4.78, 5) is 10.8. The van der Waals surface area contributed by atoms with Gasteiger partial charge in [-0.1, -0.05) is 0 Å². The smallest absolute Gasteiger partial charge is 0.234 e. The average Bonchev–Trinajstić information content (AvgIpc) is 2.33. The first kappa shape index (κ1) is 6.12. The van der Waals surface area contributed by atoms with Gasteiger partial charge >= 0.3 is 0 Å². The number of piperazine rings is 1. The van der Waals surface area contributed by atoms with Crippen LogP contribution in [0.5, 0.6) is 0 Å². The largest absolute Gasteiger partial charge is 0.378 e. The number of rotatable bonds is 0. The number of hydrogen-bond donors (Lipinski definition) is 2. The molecule has 0 aromatic heterocycles. The molecular weight excluding hydrogens is 132 g/mol. The fraction of sp³-hybridized carbons (Fsp3) is 0.833. The number of carbonyl (C=O) groups is 1. The topological polar surface area (TPSA) is 50.4 Å². The standard InChI is InChI=1S/C6H10N2O2/c9-6-1-7-4-2-10-3-5(4)8-6/h4-5,7H,1-3H2,(H,8,9). The molecule has 0 saturated carbocycles. The fourth-order valence-electron chi connectivity index (χ4n) is 1.38. The number of hydrogen-bond acceptors (Lipinski definition) is 3. The molecule has 10 heavy (non-hydrogen) atoms. The van der Waals surface area contributed by atoms with Crippen molar-refractivity contribution < 1.29 is 9.53 Å². The quantitative estimate of drug-likeness (QED) is 0.431. The summed E-state index contributed by atoms with van der Waals surface area (Å²) in [5, 5.41) is 5.95. The Balaban J connectivity index is 2.03. The molecule has 0 aromatic carbocycles. The van der Waals surface area contributed by atoms with Crippen molar-refractivity contribution in [1.82, 2.24) is 10.6 Å². The molecule has 0 radical (unpaired) electrons. The van der Waals surface area contributed by atoms with Gasteiger partial charge in [0.25, 0.3) is 0 Å². The molecule has 2 unspecified atom stereocenters. The summed E-state index contributed by atoms with van der Waals surface area (Å²) >= 11 is 0. The molecule has 0 aliphatic carbocycles. The Morgan fingerprint density at radius 3 is 3.10 bits per heavy atom. The Bertz CT molecular complexity index is 160. The highest BCUT2D eigenvalue weighted by Gasteiger charge is 2.32. The minimum atomic E-state index is 0.0757. The third kappa shape index (κ3) is 0.892. The van der Waals surface area contributed by atoms with Crippen LogP contribution in [-0.2, 0) is 9.53 Å². The lowest BCUT2D eigenvalue weighted by molar-refractivity contribution is -0.122. The van der Waals surface area contributed by atoms with E-state index in [1.807, 2.05) is 0 Å². The van der Waals surface area contributed by atoms with Crippen LogP contribution in [-0.4, -0.2) is 37.7 Å². The van der Waals surface area contributed by atoms with Gasteiger partial charge in [0.15, 0.2) is 0 Å². The summed E-state index contributed by atoms with van der Waals surface area (Å²) in [5.41, 5.74) is 0. The summed E-state index contributed by atoms with van der Waals surface area (Å²) in [6.07, 6.45) is 0. The van der Waals surface area contributed by atoms with E-state index in [0.717, 1.165) is 6.61 Å². The zero-order chi connectivity index (χ0) is 6.97. The van der Waals surface area contributed by atoms with Crippen LogP contribution in [0.4, 0.5) is 0 Å². The van der Waals surface area contributed by atoms with E-state index in [0.29, 0.717) is 19.2 Å². The molecule has 2 atom stereocenters. The molecule has 2 heterocycles. The number of nitrogens with one attached hydrogen (secondary N) is 2. The van der Waals surface area contributed by atoms with E-state index in [4.69, 9.17) is 4.74 Å². The first-order chi connectivity index (χ1) is 4.86. The number of ether oxygens (including phenoxy) is 1. The summed E-state index contributed by atoms with van der Waals surface area (Å²) < 4.78 is 5.16. The van der Waals surface area contributed by atoms with Crippen molar-refractivity contribution in [3.8, 4) is 0 Å². The van der Waals surface area contributed by atoms with Gasteiger partial charge in [-0.05, 0) is 0 Å². The molecule has 0 spiro atoms. The molecule has 0 aromatic rings. The van der Waals surface area contributed by atoms with Crippen molar-refractivity contribution in [3.63, 3.8) is 0 Å². The maximum atomic E-state index is 10.8. The lowest BCUT2D eigenvalue weighted by atomic mass is 10.1. The van der Waals surface area contributed by atoms with Crippen LogP contribution in [0.1, 0.15) is 0 Å². The maximum Gasteiger partial charge on any atom is 0.234 e. The summed E-state index contributed by atoms with van der Waals surface area (Å²) in [5.74, 6) is 0.0757. The Kier molecular flexibility index (Phi) is 1.35. The van der Waals surface area contributed by atoms with Crippen molar-refractivity contribution in [3.05, 3.63) is 0 Å². The highest BCUT2D eigenvalue weighted by molar-refractivity contribution is 5.79. The molecule has 2 aliphatic heterocycles. The SMILES string of the molecule is O=C1CNC2COCC2N1.